The molecule has 0 amide bonds. The van der Waals surface area contributed by atoms with Crippen molar-refractivity contribution in [2.24, 2.45) is 0 Å². The summed E-state index contributed by atoms with van der Waals surface area (Å²) in [6, 6.07) is 3.04. The molecule has 0 saturated carbocycles. The fourth-order valence-electron chi connectivity index (χ4n) is 1.10. The normalized spacial score (nSPS) is 9.69. The summed E-state index contributed by atoms with van der Waals surface area (Å²) in [5.74, 6) is 0.248. The quantitative estimate of drug-likeness (QED) is 0.713. The van der Waals surface area contributed by atoms with Gasteiger partial charge in [0.05, 0.1) is 26.4 Å². The van der Waals surface area contributed by atoms with E-state index in [0.29, 0.717) is 23.9 Å². The van der Waals surface area contributed by atoms with E-state index in [2.05, 4.69) is 9.72 Å². The van der Waals surface area contributed by atoms with Crippen LogP contribution in [-0.4, -0.2) is 31.8 Å². The van der Waals surface area contributed by atoms with Crippen LogP contribution in [0.15, 0.2) is 12.1 Å². The average Bonchev–Trinajstić information content (AvgIpc) is 2.34. The first-order chi connectivity index (χ1) is 7.71. The smallest absolute Gasteiger partial charge is 0.338 e. The molecule has 1 rings (SSSR count). The fraction of sp³-hybridized carbons (Fsp3) is 0.455. The molecule has 1 heterocycles. The van der Waals surface area contributed by atoms with Crippen molar-refractivity contribution in [3.63, 3.8) is 0 Å². The number of aromatic nitrogens is 1. The second-order valence-electron chi connectivity index (χ2n) is 3.08. The van der Waals surface area contributed by atoms with Crippen molar-refractivity contribution < 1.29 is 19.0 Å². The molecule has 0 aliphatic rings. The lowest BCUT2D eigenvalue weighted by Crippen LogP contribution is -2.05. The van der Waals surface area contributed by atoms with Gasteiger partial charge in [-0.1, -0.05) is 6.92 Å². The van der Waals surface area contributed by atoms with Crippen molar-refractivity contribution >= 4 is 5.97 Å². The van der Waals surface area contributed by atoms with E-state index < -0.39 is 5.97 Å². The predicted molar refractivity (Wildman–Crippen MR) is 57.9 cm³/mol. The highest BCUT2D eigenvalue weighted by Crippen LogP contribution is 2.18. The molecule has 5 heteroatoms. The third kappa shape index (κ3) is 3.12. The Labute approximate surface area is 94.3 Å². The van der Waals surface area contributed by atoms with Crippen LogP contribution in [-0.2, 0) is 4.74 Å². The van der Waals surface area contributed by atoms with Gasteiger partial charge in [-0.15, -0.1) is 0 Å². The molecule has 88 valence electrons. The molecular formula is C11H15NO4. The highest BCUT2D eigenvalue weighted by Gasteiger charge is 2.11. The van der Waals surface area contributed by atoms with Crippen molar-refractivity contribution in [3.05, 3.63) is 17.7 Å². The lowest BCUT2D eigenvalue weighted by molar-refractivity contribution is 0.0599. The van der Waals surface area contributed by atoms with Crippen LogP contribution in [0.5, 0.6) is 11.8 Å². The van der Waals surface area contributed by atoms with Crippen LogP contribution in [0.1, 0.15) is 23.7 Å². The van der Waals surface area contributed by atoms with Crippen molar-refractivity contribution in [1.29, 1.82) is 0 Å². The molecule has 0 N–H and O–H groups in total. The number of hydrogen-bond donors (Lipinski definition) is 0. The zero-order chi connectivity index (χ0) is 12.0. The minimum Gasteiger partial charge on any atom is -0.481 e. The third-order valence-corrected chi connectivity index (χ3v) is 1.86. The van der Waals surface area contributed by atoms with E-state index in [4.69, 9.17) is 9.47 Å². The number of hydrogen-bond acceptors (Lipinski definition) is 5. The maximum Gasteiger partial charge on any atom is 0.338 e. The summed E-state index contributed by atoms with van der Waals surface area (Å²) in [6.07, 6.45) is 0.868. The molecule has 5 nitrogen and oxygen atoms in total. The molecule has 0 unspecified atom stereocenters. The number of carbonyl (C=O) groups excluding carboxylic acids is 1. The van der Waals surface area contributed by atoms with E-state index in [0.717, 1.165) is 6.42 Å². The first-order valence-corrected chi connectivity index (χ1v) is 4.98. The topological polar surface area (TPSA) is 57.7 Å². The van der Waals surface area contributed by atoms with Crippen molar-refractivity contribution in [2.75, 3.05) is 20.8 Å². The molecule has 0 aliphatic heterocycles. The monoisotopic (exact) mass is 225 g/mol. The van der Waals surface area contributed by atoms with Crippen LogP contribution in [0.2, 0.25) is 0 Å². The Hall–Kier alpha value is -1.78. The number of methoxy groups -OCH3 is 2. The van der Waals surface area contributed by atoms with Crippen LogP contribution >= 0.6 is 0 Å². The van der Waals surface area contributed by atoms with Crippen LogP contribution in [0.25, 0.3) is 0 Å². The molecule has 0 spiro atoms. The second kappa shape index (κ2) is 5.95. The predicted octanol–water partition coefficient (Wildman–Crippen LogP) is 1.67. The number of carbonyl (C=O) groups is 1. The largest absolute Gasteiger partial charge is 0.481 e. The Balaban J connectivity index is 2.96. The van der Waals surface area contributed by atoms with Crippen molar-refractivity contribution in [3.8, 4) is 11.8 Å². The Bertz CT molecular complexity index is 365. The van der Waals surface area contributed by atoms with Gasteiger partial charge in [-0.3, -0.25) is 0 Å². The maximum atomic E-state index is 11.3. The summed E-state index contributed by atoms with van der Waals surface area (Å²) in [6.45, 7) is 2.53. The summed E-state index contributed by atoms with van der Waals surface area (Å²) < 4.78 is 14.9. The highest BCUT2D eigenvalue weighted by molar-refractivity contribution is 5.89. The molecule has 0 bridgehead atoms. The number of rotatable bonds is 5. The van der Waals surface area contributed by atoms with Gasteiger partial charge in [0.2, 0.25) is 11.8 Å². The second-order valence-corrected chi connectivity index (χ2v) is 3.08. The lowest BCUT2D eigenvalue weighted by Gasteiger charge is -2.07. The van der Waals surface area contributed by atoms with Crippen molar-refractivity contribution in [2.45, 2.75) is 13.3 Å². The minimum absolute atomic E-state index is 0.328. The van der Waals surface area contributed by atoms with Gasteiger partial charge in [-0.2, -0.15) is 4.98 Å². The Morgan fingerprint density at radius 3 is 2.56 bits per heavy atom. The van der Waals surface area contributed by atoms with E-state index in [1.807, 2.05) is 6.92 Å². The molecule has 0 saturated heterocycles. The van der Waals surface area contributed by atoms with E-state index >= 15 is 0 Å². The molecule has 0 atom stereocenters. The molecule has 1 aromatic heterocycles. The molecule has 0 radical (unpaired) electrons. The number of ether oxygens (including phenoxy) is 3. The van der Waals surface area contributed by atoms with Gasteiger partial charge in [-0.25, -0.2) is 4.79 Å². The Kier molecular flexibility index (Phi) is 4.57. The summed E-state index contributed by atoms with van der Waals surface area (Å²) >= 11 is 0. The van der Waals surface area contributed by atoms with Gasteiger partial charge >= 0.3 is 5.97 Å². The summed E-state index contributed by atoms with van der Waals surface area (Å²) in [4.78, 5) is 15.4. The van der Waals surface area contributed by atoms with E-state index in [9.17, 15) is 4.79 Å². The standard InChI is InChI=1S/C11H15NO4/c1-4-5-16-10-7-8(11(13)15-3)6-9(12-10)14-2/h6-7H,4-5H2,1-3H3. The Morgan fingerprint density at radius 2 is 2.00 bits per heavy atom. The zero-order valence-electron chi connectivity index (χ0n) is 9.65. The maximum absolute atomic E-state index is 11.3. The molecule has 0 aromatic carbocycles. The molecular weight excluding hydrogens is 210 g/mol. The Morgan fingerprint density at radius 1 is 1.31 bits per heavy atom. The van der Waals surface area contributed by atoms with E-state index in [1.165, 1.54) is 26.4 Å². The number of nitrogens with zero attached hydrogens (tertiary/aromatic N) is 1. The molecule has 1 aromatic rings. The van der Waals surface area contributed by atoms with Gasteiger partial charge < -0.3 is 14.2 Å². The lowest BCUT2D eigenvalue weighted by atomic mass is 10.2. The fourth-order valence-corrected chi connectivity index (χ4v) is 1.10. The summed E-state index contributed by atoms with van der Waals surface area (Å²) in [5, 5.41) is 0. The van der Waals surface area contributed by atoms with Gasteiger partial charge in [0, 0.05) is 12.1 Å². The van der Waals surface area contributed by atoms with Gasteiger partial charge in [0.1, 0.15) is 0 Å². The van der Waals surface area contributed by atoms with Crippen LogP contribution < -0.4 is 9.47 Å². The highest BCUT2D eigenvalue weighted by atomic mass is 16.5. The third-order valence-electron chi connectivity index (χ3n) is 1.86. The first kappa shape index (κ1) is 12.3. The van der Waals surface area contributed by atoms with Crippen LogP contribution in [0.3, 0.4) is 0 Å². The summed E-state index contributed by atoms with van der Waals surface area (Å²) in [5.41, 5.74) is 0.362. The number of pyridine rings is 1. The SMILES string of the molecule is CCCOc1cc(C(=O)OC)cc(OC)n1. The van der Waals surface area contributed by atoms with Gasteiger partial charge in [0.25, 0.3) is 0 Å². The van der Waals surface area contributed by atoms with E-state index in [1.54, 1.807) is 0 Å². The number of esters is 1. The molecule has 0 fully saturated rings. The van der Waals surface area contributed by atoms with Crippen molar-refractivity contribution in [1.82, 2.24) is 4.98 Å². The van der Waals surface area contributed by atoms with Gasteiger partial charge in [-0.05, 0) is 6.42 Å². The zero-order valence-corrected chi connectivity index (χ0v) is 9.65. The first-order valence-electron chi connectivity index (χ1n) is 4.98. The average molecular weight is 225 g/mol. The van der Waals surface area contributed by atoms with Crippen LogP contribution in [0.4, 0.5) is 0 Å². The van der Waals surface area contributed by atoms with E-state index in [-0.39, 0.29) is 0 Å². The molecule has 16 heavy (non-hydrogen) atoms. The molecule has 0 aliphatic carbocycles. The summed E-state index contributed by atoms with van der Waals surface area (Å²) in [7, 11) is 2.80. The minimum atomic E-state index is -0.443. The van der Waals surface area contributed by atoms with Gasteiger partial charge in [0.15, 0.2) is 0 Å². The van der Waals surface area contributed by atoms with Crippen LogP contribution in [0, 0.1) is 0 Å².